The Morgan fingerprint density at radius 1 is 1.22 bits per heavy atom. The predicted molar refractivity (Wildman–Crippen MR) is 75.5 cm³/mol. The van der Waals surface area contributed by atoms with E-state index in [1.165, 1.54) is 0 Å². The highest BCUT2D eigenvalue weighted by atomic mass is 79.9. The molecule has 0 aliphatic heterocycles. The summed E-state index contributed by atoms with van der Waals surface area (Å²) in [6, 6.07) is 5.87. The summed E-state index contributed by atoms with van der Waals surface area (Å²) in [6.07, 6.45) is 4.47. The van der Waals surface area contributed by atoms with Crippen molar-refractivity contribution in [3.63, 3.8) is 0 Å². The highest BCUT2D eigenvalue weighted by Gasteiger charge is 2.20. The number of benzene rings is 1. The molecule has 0 amide bonds. The van der Waals surface area contributed by atoms with Gasteiger partial charge in [-0.1, -0.05) is 15.9 Å². The topological polar surface area (TPSA) is 52.5 Å². The van der Waals surface area contributed by atoms with Crippen LogP contribution in [0.1, 0.15) is 31.2 Å². The van der Waals surface area contributed by atoms with Gasteiger partial charge in [0, 0.05) is 23.7 Å². The van der Waals surface area contributed by atoms with E-state index in [1.807, 2.05) is 6.07 Å². The molecule has 0 radical (unpaired) electrons. The lowest BCUT2D eigenvalue weighted by atomic mass is 9.86. The summed E-state index contributed by atoms with van der Waals surface area (Å²) in [5, 5.41) is 22.1. The molecule has 1 saturated carbocycles. The quantitative estimate of drug-likeness (QED) is 0.801. The fourth-order valence-electron chi connectivity index (χ4n) is 2.50. The van der Waals surface area contributed by atoms with Crippen LogP contribution in [-0.4, -0.2) is 22.9 Å². The molecule has 1 aliphatic carbocycles. The Hall–Kier alpha value is -0.580. The van der Waals surface area contributed by atoms with Crippen LogP contribution in [0.5, 0.6) is 5.75 Å². The maximum Gasteiger partial charge on any atom is 0.115 e. The van der Waals surface area contributed by atoms with E-state index in [0.717, 1.165) is 42.3 Å². The van der Waals surface area contributed by atoms with Gasteiger partial charge in [-0.2, -0.15) is 0 Å². The maximum atomic E-state index is 9.46. The Morgan fingerprint density at radius 3 is 2.61 bits per heavy atom. The molecular formula is C14H20BrNO2. The standard InChI is InChI=1S/C14H20BrNO2/c15-14-6-5-13(18)7-11(14)8-16-12-3-1-10(9-17)2-4-12/h5-7,10,12,16-18H,1-4,8-9H2. The van der Waals surface area contributed by atoms with E-state index in [9.17, 15) is 5.11 Å². The number of halogens is 1. The molecule has 4 heteroatoms. The second-order valence-corrected chi connectivity index (χ2v) is 5.91. The van der Waals surface area contributed by atoms with Gasteiger partial charge in [0.25, 0.3) is 0 Å². The van der Waals surface area contributed by atoms with Crippen LogP contribution in [-0.2, 0) is 6.54 Å². The summed E-state index contributed by atoms with van der Waals surface area (Å²) in [7, 11) is 0. The number of rotatable bonds is 4. The number of aromatic hydroxyl groups is 1. The normalized spacial score (nSPS) is 24.1. The number of phenols is 1. The number of nitrogens with one attached hydrogen (secondary N) is 1. The van der Waals surface area contributed by atoms with Crippen LogP contribution in [0.2, 0.25) is 0 Å². The molecule has 1 aromatic carbocycles. The third-order valence-corrected chi connectivity index (χ3v) is 4.49. The van der Waals surface area contributed by atoms with E-state index in [4.69, 9.17) is 5.11 Å². The summed E-state index contributed by atoms with van der Waals surface area (Å²) in [4.78, 5) is 0. The first kappa shape index (κ1) is 13.8. The average Bonchev–Trinajstić information content (AvgIpc) is 2.40. The van der Waals surface area contributed by atoms with Crippen LogP contribution >= 0.6 is 15.9 Å². The van der Waals surface area contributed by atoms with Crippen LogP contribution < -0.4 is 5.32 Å². The first-order chi connectivity index (χ1) is 8.69. The van der Waals surface area contributed by atoms with E-state index in [-0.39, 0.29) is 0 Å². The predicted octanol–water partition coefficient (Wildman–Crippen LogP) is 2.80. The third-order valence-electron chi connectivity index (χ3n) is 3.72. The molecule has 0 heterocycles. The molecule has 1 aliphatic rings. The van der Waals surface area contributed by atoms with Gasteiger partial charge in [0.05, 0.1) is 0 Å². The van der Waals surface area contributed by atoms with Crippen molar-refractivity contribution < 1.29 is 10.2 Å². The zero-order valence-electron chi connectivity index (χ0n) is 10.4. The minimum Gasteiger partial charge on any atom is -0.508 e. The lowest BCUT2D eigenvalue weighted by Gasteiger charge is -2.28. The van der Waals surface area contributed by atoms with Crippen molar-refractivity contribution in [2.45, 2.75) is 38.3 Å². The van der Waals surface area contributed by atoms with Crippen LogP contribution in [0.4, 0.5) is 0 Å². The largest absolute Gasteiger partial charge is 0.508 e. The van der Waals surface area contributed by atoms with Crippen molar-refractivity contribution in [2.75, 3.05) is 6.61 Å². The minimum absolute atomic E-state index is 0.305. The lowest BCUT2D eigenvalue weighted by Crippen LogP contribution is -2.33. The molecule has 0 bridgehead atoms. The molecule has 1 aromatic rings. The molecule has 0 atom stereocenters. The van der Waals surface area contributed by atoms with E-state index < -0.39 is 0 Å². The fourth-order valence-corrected chi connectivity index (χ4v) is 2.89. The summed E-state index contributed by atoms with van der Waals surface area (Å²) < 4.78 is 1.02. The number of hydrogen-bond acceptors (Lipinski definition) is 3. The third kappa shape index (κ3) is 3.70. The maximum absolute atomic E-state index is 9.46. The zero-order valence-corrected chi connectivity index (χ0v) is 12.0. The fraction of sp³-hybridized carbons (Fsp3) is 0.571. The lowest BCUT2D eigenvalue weighted by molar-refractivity contribution is 0.175. The Morgan fingerprint density at radius 2 is 1.94 bits per heavy atom. The molecular weight excluding hydrogens is 294 g/mol. The molecule has 1 fully saturated rings. The Kier molecular flexibility index (Phi) is 5.03. The van der Waals surface area contributed by atoms with E-state index in [2.05, 4.69) is 21.2 Å². The van der Waals surface area contributed by atoms with Crippen LogP contribution in [0.25, 0.3) is 0 Å². The van der Waals surface area contributed by atoms with Gasteiger partial charge in [0.2, 0.25) is 0 Å². The van der Waals surface area contributed by atoms with Crippen molar-refractivity contribution in [1.29, 1.82) is 0 Å². The summed E-state index contributed by atoms with van der Waals surface area (Å²) >= 11 is 3.49. The second kappa shape index (κ2) is 6.55. The Bertz CT molecular complexity index is 389. The van der Waals surface area contributed by atoms with Gasteiger partial charge in [-0.15, -0.1) is 0 Å². The van der Waals surface area contributed by atoms with Crippen LogP contribution in [0.3, 0.4) is 0 Å². The molecule has 3 N–H and O–H groups in total. The highest BCUT2D eigenvalue weighted by molar-refractivity contribution is 9.10. The minimum atomic E-state index is 0.305. The Labute approximate surface area is 116 Å². The number of aliphatic hydroxyl groups excluding tert-OH is 1. The summed E-state index contributed by atoms with van der Waals surface area (Å²) in [6.45, 7) is 1.09. The first-order valence-electron chi connectivity index (χ1n) is 6.50. The van der Waals surface area contributed by atoms with Gasteiger partial charge in [-0.25, -0.2) is 0 Å². The van der Waals surface area contributed by atoms with Crippen molar-refractivity contribution in [1.82, 2.24) is 5.32 Å². The van der Waals surface area contributed by atoms with E-state index >= 15 is 0 Å². The van der Waals surface area contributed by atoms with Crippen molar-refractivity contribution in [2.24, 2.45) is 5.92 Å². The smallest absolute Gasteiger partial charge is 0.115 e. The van der Waals surface area contributed by atoms with Crippen molar-refractivity contribution >= 4 is 15.9 Å². The van der Waals surface area contributed by atoms with Crippen LogP contribution in [0, 0.1) is 5.92 Å². The molecule has 0 unspecified atom stereocenters. The molecule has 100 valence electrons. The van der Waals surface area contributed by atoms with Gasteiger partial charge in [-0.05, 0) is 55.4 Å². The number of phenolic OH excluding ortho intramolecular Hbond substituents is 1. The first-order valence-corrected chi connectivity index (χ1v) is 7.30. The van der Waals surface area contributed by atoms with Gasteiger partial charge < -0.3 is 15.5 Å². The number of aliphatic hydroxyl groups is 1. The Balaban J connectivity index is 1.83. The van der Waals surface area contributed by atoms with Crippen molar-refractivity contribution in [3.05, 3.63) is 28.2 Å². The van der Waals surface area contributed by atoms with Crippen LogP contribution in [0.15, 0.2) is 22.7 Å². The molecule has 0 aromatic heterocycles. The van der Waals surface area contributed by atoms with E-state index in [0.29, 0.717) is 24.3 Å². The van der Waals surface area contributed by atoms with Gasteiger partial charge in [0.1, 0.15) is 5.75 Å². The molecule has 2 rings (SSSR count). The van der Waals surface area contributed by atoms with Gasteiger partial charge >= 0.3 is 0 Å². The second-order valence-electron chi connectivity index (χ2n) is 5.06. The molecule has 3 nitrogen and oxygen atoms in total. The highest BCUT2D eigenvalue weighted by Crippen LogP contribution is 2.25. The average molecular weight is 314 g/mol. The van der Waals surface area contributed by atoms with E-state index in [1.54, 1.807) is 12.1 Å². The molecule has 0 spiro atoms. The molecule has 0 saturated heterocycles. The number of hydrogen-bond donors (Lipinski definition) is 3. The SMILES string of the molecule is OCC1CCC(NCc2cc(O)ccc2Br)CC1. The van der Waals surface area contributed by atoms with Crippen molar-refractivity contribution in [3.8, 4) is 5.75 Å². The zero-order chi connectivity index (χ0) is 13.0. The molecule has 18 heavy (non-hydrogen) atoms. The monoisotopic (exact) mass is 313 g/mol. The van der Waals surface area contributed by atoms with Gasteiger partial charge in [-0.3, -0.25) is 0 Å². The summed E-state index contributed by atoms with van der Waals surface area (Å²) in [5.41, 5.74) is 1.08. The van der Waals surface area contributed by atoms with Gasteiger partial charge in [0.15, 0.2) is 0 Å². The summed E-state index contributed by atoms with van der Waals surface area (Å²) in [5.74, 6) is 0.801.